The minimum Gasteiger partial charge on any atom is -0.508 e. The molecule has 0 unspecified atom stereocenters. The molecule has 0 aliphatic carbocycles. The molecule has 4 rings (SSSR count). The number of aromatic hydroxyl groups is 3. The molecule has 41 heavy (non-hydrogen) atoms. The molecule has 1 aromatic heterocycles. The molecular formula is C27H29NO13. The molecule has 1 aliphatic rings. The number of aliphatic hydroxyl groups is 3. The number of fused-ring (bicyclic) bond motifs is 1. The van der Waals surface area contributed by atoms with Crippen LogP contribution in [0.5, 0.6) is 23.0 Å². The molecule has 6 N–H and O–H groups in total. The van der Waals surface area contributed by atoms with Gasteiger partial charge in [0.15, 0.2) is 29.6 Å². The van der Waals surface area contributed by atoms with Crippen molar-refractivity contribution in [2.75, 3.05) is 19.7 Å². The van der Waals surface area contributed by atoms with Crippen molar-refractivity contribution in [3.63, 3.8) is 0 Å². The highest BCUT2D eigenvalue weighted by Crippen LogP contribution is 2.42. The van der Waals surface area contributed by atoms with Gasteiger partial charge in [0, 0.05) is 30.8 Å². The maximum atomic E-state index is 12.7. The Balaban J connectivity index is 1.61. The zero-order valence-electron chi connectivity index (χ0n) is 22.0. The summed E-state index contributed by atoms with van der Waals surface area (Å²) < 4.78 is 21.4. The fourth-order valence-electron chi connectivity index (χ4n) is 4.27. The monoisotopic (exact) mass is 575 g/mol. The van der Waals surface area contributed by atoms with Crippen LogP contribution in [0, 0.1) is 0 Å². The molecule has 2 aromatic carbocycles. The number of hydrogen-bond donors (Lipinski definition) is 6. The number of esters is 1. The second-order valence-corrected chi connectivity index (χ2v) is 9.16. The first-order chi connectivity index (χ1) is 19.5. The first kappa shape index (κ1) is 29.6. The van der Waals surface area contributed by atoms with Crippen LogP contribution in [0.2, 0.25) is 0 Å². The van der Waals surface area contributed by atoms with Gasteiger partial charge in [0.1, 0.15) is 40.8 Å². The van der Waals surface area contributed by atoms with Crippen LogP contribution in [-0.4, -0.2) is 97.8 Å². The molecule has 0 bridgehead atoms. The summed E-state index contributed by atoms with van der Waals surface area (Å²) in [5.41, 5.74) is -0.563. The maximum absolute atomic E-state index is 12.7. The van der Waals surface area contributed by atoms with Crippen LogP contribution >= 0.6 is 0 Å². The molecule has 1 saturated heterocycles. The predicted molar refractivity (Wildman–Crippen MR) is 139 cm³/mol. The van der Waals surface area contributed by atoms with Gasteiger partial charge in [-0.3, -0.25) is 9.59 Å². The topological polar surface area (TPSA) is 217 Å². The van der Waals surface area contributed by atoms with Gasteiger partial charge in [-0.15, -0.1) is 0 Å². The summed E-state index contributed by atoms with van der Waals surface area (Å²) in [6.45, 7) is 3.54. The van der Waals surface area contributed by atoms with Gasteiger partial charge >= 0.3 is 5.97 Å². The van der Waals surface area contributed by atoms with E-state index >= 15 is 0 Å². The Morgan fingerprint density at radius 3 is 2.22 bits per heavy atom. The van der Waals surface area contributed by atoms with Crippen LogP contribution in [0.1, 0.15) is 13.8 Å². The largest absolute Gasteiger partial charge is 0.508 e. The van der Waals surface area contributed by atoms with Gasteiger partial charge in [-0.05, 0) is 38.1 Å². The van der Waals surface area contributed by atoms with Crippen molar-refractivity contribution >= 4 is 22.8 Å². The third-order valence-corrected chi connectivity index (χ3v) is 6.58. The van der Waals surface area contributed by atoms with Crippen molar-refractivity contribution in [1.82, 2.24) is 4.90 Å². The lowest BCUT2D eigenvalue weighted by Crippen LogP contribution is -2.61. The van der Waals surface area contributed by atoms with Gasteiger partial charge < -0.3 is 54.2 Å². The van der Waals surface area contributed by atoms with Crippen molar-refractivity contribution in [1.29, 1.82) is 0 Å². The number of hydrogen-bond acceptors (Lipinski definition) is 13. The van der Waals surface area contributed by atoms with Crippen LogP contribution in [0.15, 0.2) is 45.6 Å². The summed E-state index contributed by atoms with van der Waals surface area (Å²) in [5.74, 6) is -4.14. The molecule has 220 valence electrons. The van der Waals surface area contributed by atoms with Crippen LogP contribution < -0.4 is 10.2 Å². The van der Waals surface area contributed by atoms with Gasteiger partial charge in [0.05, 0.1) is 0 Å². The summed E-state index contributed by atoms with van der Waals surface area (Å²) in [7, 11) is 0. The first-order valence-corrected chi connectivity index (χ1v) is 12.6. The normalized spacial score (nSPS) is 22.3. The number of amides is 1. The van der Waals surface area contributed by atoms with E-state index in [1.165, 1.54) is 29.2 Å². The van der Waals surface area contributed by atoms with Gasteiger partial charge in [0.2, 0.25) is 12.0 Å². The molecule has 0 spiro atoms. The highest BCUT2D eigenvalue weighted by atomic mass is 16.7. The first-order valence-electron chi connectivity index (χ1n) is 12.6. The Morgan fingerprint density at radius 2 is 1.59 bits per heavy atom. The third-order valence-electron chi connectivity index (χ3n) is 6.58. The van der Waals surface area contributed by atoms with E-state index in [2.05, 4.69) is 0 Å². The highest BCUT2D eigenvalue weighted by molar-refractivity contribution is 5.89. The van der Waals surface area contributed by atoms with E-state index in [-0.39, 0.29) is 17.1 Å². The number of benzene rings is 2. The minimum absolute atomic E-state index is 0.0221. The SMILES string of the molecule is CCN(CC)C(=O)COC(=O)[C@H]1O[C@@H](Oc2cc3oc(-c4ccc(O)cc4)cc(=O)c3c(O)c2O)[C@H](O)[C@@H](O)[C@@H]1O. The molecule has 1 fully saturated rings. The lowest BCUT2D eigenvalue weighted by molar-refractivity contribution is -0.272. The van der Waals surface area contributed by atoms with Crippen LogP contribution in [0.4, 0.5) is 0 Å². The van der Waals surface area contributed by atoms with E-state index in [0.717, 1.165) is 12.1 Å². The van der Waals surface area contributed by atoms with Gasteiger partial charge in [-0.25, -0.2) is 4.79 Å². The van der Waals surface area contributed by atoms with Crippen LogP contribution in [-0.2, 0) is 19.1 Å². The van der Waals surface area contributed by atoms with E-state index < -0.39 is 77.3 Å². The number of rotatable bonds is 8. The summed E-state index contributed by atoms with van der Waals surface area (Å²) >= 11 is 0. The Hall–Kier alpha value is -4.37. The Morgan fingerprint density at radius 1 is 0.927 bits per heavy atom. The second-order valence-electron chi connectivity index (χ2n) is 9.16. The number of likely N-dealkylation sites (N-methyl/N-ethyl adjacent to an activating group) is 1. The number of phenols is 3. The Labute approximate surface area is 232 Å². The fraction of sp³-hybridized carbons (Fsp3) is 0.370. The summed E-state index contributed by atoms with van der Waals surface area (Å²) in [6.07, 6.45) is -9.72. The number of ether oxygens (including phenoxy) is 3. The fourth-order valence-corrected chi connectivity index (χ4v) is 4.27. The van der Waals surface area contributed by atoms with E-state index in [9.17, 15) is 45.0 Å². The van der Waals surface area contributed by atoms with Gasteiger partial charge in [-0.1, -0.05) is 0 Å². The number of aliphatic hydroxyl groups excluding tert-OH is 3. The molecule has 14 heteroatoms. The number of phenolic OH excluding ortho intramolecular Hbond substituents is 3. The van der Waals surface area contributed by atoms with Gasteiger partial charge in [-0.2, -0.15) is 0 Å². The van der Waals surface area contributed by atoms with E-state index in [1.807, 2.05) is 0 Å². The number of carbonyl (C=O) groups is 2. The molecule has 1 amide bonds. The predicted octanol–water partition coefficient (Wildman–Crippen LogP) is 0.175. The van der Waals surface area contributed by atoms with Crippen LogP contribution in [0.25, 0.3) is 22.3 Å². The number of carbonyl (C=O) groups excluding carboxylic acids is 2. The van der Waals surface area contributed by atoms with E-state index in [0.29, 0.717) is 18.7 Å². The van der Waals surface area contributed by atoms with Gasteiger partial charge in [0.25, 0.3) is 5.91 Å². The van der Waals surface area contributed by atoms with E-state index in [4.69, 9.17) is 18.6 Å². The van der Waals surface area contributed by atoms with Crippen molar-refractivity contribution in [3.05, 3.63) is 46.6 Å². The molecule has 5 atom stereocenters. The smallest absolute Gasteiger partial charge is 0.338 e. The lowest BCUT2D eigenvalue weighted by Gasteiger charge is -2.39. The van der Waals surface area contributed by atoms with Crippen molar-refractivity contribution in [3.8, 4) is 34.3 Å². The molecule has 3 aromatic rings. The molecule has 2 heterocycles. The molecule has 0 saturated carbocycles. The summed E-state index contributed by atoms with van der Waals surface area (Å²) in [6, 6.07) is 7.77. The van der Waals surface area contributed by atoms with E-state index in [1.54, 1.807) is 13.8 Å². The minimum atomic E-state index is -1.99. The zero-order chi connectivity index (χ0) is 30.0. The Bertz CT molecular complexity index is 1480. The lowest BCUT2D eigenvalue weighted by atomic mass is 9.99. The van der Waals surface area contributed by atoms with Crippen molar-refractivity contribution < 1.29 is 58.9 Å². The average Bonchev–Trinajstić information content (AvgIpc) is 2.95. The van der Waals surface area contributed by atoms with Crippen molar-refractivity contribution in [2.24, 2.45) is 0 Å². The summed E-state index contributed by atoms with van der Waals surface area (Å²) in [4.78, 5) is 38.9. The average molecular weight is 576 g/mol. The molecule has 0 radical (unpaired) electrons. The van der Waals surface area contributed by atoms with Crippen molar-refractivity contribution in [2.45, 2.75) is 44.6 Å². The highest BCUT2D eigenvalue weighted by Gasteiger charge is 2.49. The third kappa shape index (κ3) is 5.90. The summed E-state index contributed by atoms with van der Waals surface area (Å²) in [5, 5.41) is 61.3. The quantitative estimate of drug-likeness (QED) is 0.156. The molecular weight excluding hydrogens is 546 g/mol. The molecule has 14 nitrogen and oxygen atoms in total. The number of nitrogens with zero attached hydrogens (tertiary/aromatic N) is 1. The standard InChI is InChI=1S/C27H29NO13/c1-3-28(4-2)18(31)11-38-26(37)25-23(35)22(34)24(36)27(41-25)40-17-10-16-19(21(33)20(17)32)14(30)9-15(39-16)12-5-7-13(29)8-6-12/h5-10,22-25,27,29,32-36H,3-4,11H2,1-2H3/t22-,23-,24+,25-,27+/m0/s1. The van der Waals surface area contributed by atoms with Crippen LogP contribution in [0.3, 0.4) is 0 Å². The maximum Gasteiger partial charge on any atom is 0.338 e. The second kappa shape index (κ2) is 12.0. The zero-order valence-corrected chi connectivity index (χ0v) is 22.0. The molecule has 1 aliphatic heterocycles. The Kier molecular flexibility index (Phi) is 8.68.